The van der Waals surface area contributed by atoms with Gasteiger partial charge in [-0.1, -0.05) is 0 Å². The third kappa shape index (κ3) is 2.14. The number of sulfone groups is 1. The summed E-state index contributed by atoms with van der Waals surface area (Å²) in [6, 6.07) is 7.17. The van der Waals surface area contributed by atoms with Crippen LogP contribution in [0.2, 0.25) is 0 Å². The standard InChI is InChI=1S/C17H8O7S/c18-14-7-15(19)12-5-8(1-3-10(12)14)25(22,23)9-2-4-11-13(6-9)17(21)24-16(11)20/h1-6H,7H2. The van der Waals surface area contributed by atoms with Gasteiger partial charge in [-0.15, -0.1) is 0 Å². The summed E-state index contributed by atoms with van der Waals surface area (Å²) in [6.07, 6.45) is -0.272. The predicted molar refractivity (Wildman–Crippen MR) is 81.4 cm³/mol. The fourth-order valence-electron chi connectivity index (χ4n) is 2.87. The van der Waals surface area contributed by atoms with Gasteiger partial charge in [0, 0.05) is 11.1 Å². The molecule has 0 saturated carbocycles. The maximum atomic E-state index is 12.8. The van der Waals surface area contributed by atoms with Crippen molar-refractivity contribution < 1.29 is 32.3 Å². The van der Waals surface area contributed by atoms with Crippen LogP contribution in [0.3, 0.4) is 0 Å². The van der Waals surface area contributed by atoms with E-state index in [0.717, 1.165) is 12.1 Å². The first-order chi connectivity index (χ1) is 11.8. The maximum Gasteiger partial charge on any atom is 0.346 e. The Labute approximate surface area is 141 Å². The number of rotatable bonds is 2. The lowest BCUT2D eigenvalue weighted by molar-refractivity contribution is 0.0443. The summed E-state index contributed by atoms with van der Waals surface area (Å²) in [6.45, 7) is 0. The number of carbonyl (C=O) groups is 4. The lowest BCUT2D eigenvalue weighted by Crippen LogP contribution is -2.05. The number of benzene rings is 2. The molecular weight excluding hydrogens is 348 g/mol. The molecule has 124 valence electrons. The van der Waals surface area contributed by atoms with E-state index < -0.39 is 27.6 Å². The molecule has 0 N–H and O–H groups in total. The highest BCUT2D eigenvalue weighted by atomic mass is 32.2. The second kappa shape index (κ2) is 4.93. The Balaban J connectivity index is 1.84. The number of hydrogen-bond acceptors (Lipinski definition) is 7. The van der Waals surface area contributed by atoms with Crippen molar-refractivity contribution in [3.8, 4) is 0 Å². The van der Waals surface area contributed by atoms with Crippen molar-refractivity contribution in [1.29, 1.82) is 0 Å². The number of esters is 2. The van der Waals surface area contributed by atoms with E-state index in [4.69, 9.17) is 0 Å². The molecule has 0 fully saturated rings. The number of Topliss-reactive ketones (excluding diaryl/α,β-unsaturated/α-hetero) is 2. The highest BCUT2D eigenvalue weighted by Crippen LogP contribution is 2.30. The topological polar surface area (TPSA) is 112 Å². The lowest BCUT2D eigenvalue weighted by atomic mass is 10.1. The first kappa shape index (κ1) is 15.4. The normalized spacial score (nSPS) is 16.0. The lowest BCUT2D eigenvalue weighted by Gasteiger charge is -2.07. The van der Waals surface area contributed by atoms with Crippen LogP contribution in [0.15, 0.2) is 46.2 Å². The van der Waals surface area contributed by atoms with Crippen molar-refractivity contribution in [2.24, 2.45) is 0 Å². The van der Waals surface area contributed by atoms with E-state index in [0.29, 0.717) is 0 Å². The number of ketones is 2. The van der Waals surface area contributed by atoms with E-state index in [2.05, 4.69) is 4.74 Å². The summed E-state index contributed by atoms with van der Waals surface area (Å²) >= 11 is 0. The third-order valence-corrected chi connectivity index (χ3v) is 5.90. The molecule has 0 radical (unpaired) electrons. The first-order valence-corrected chi connectivity index (χ1v) is 8.63. The van der Waals surface area contributed by atoms with Crippen LogP contribution in [-0.2, 0) is 14.6 Å². The van der Waals surface area contributed by atoms with Crippen LogP contribution in [0.1, 0.15) is 47.9 Å². The molecule has 0 bridgehead atoms. The summed E-state index contributed by atoms with van der Waals surface area (Å²) in [5.41, 5.74) is 0.145. The highest BCUT2D eigenvalue weighted by Gasteiger charge is 2.33. The van der Waals surface area contributed by atoms with E-state index in [-0.39, 0.29) is 44.2 Å². The van der Waals surface area contributed by atoms with E-state index in [1.54, 1.807) is 0 Å². The van der Waals surface area contributed by atoms with Gasteiger partial charge in [0.15, 0.2) is 11.6 Å². The minimum atomic E-state index is -4.05. The number of hydrogen-bond donors (Lipinski definition) is 0. The monoisotopic (exact) mass is 356 g/mol. The molecule has 1 heterocycles. The van der Waals surface area contributed by atoms with Gasteiger partial charge >= 0.3 is 11.9 Å². The second-order valence-corrected chi connectivity index (χ2v) is 7.57. The van der Waals surface area contributed by atoms with Gasteiger partial charge in [0.2, 0.25) is 9.84 Å². The molecule has 0 spiro atoms. The van der Waals surface area contributed by atoms with Crippen LogP contribution in [-0.4, -0.2) is 31.9 Å². The molecular formula is C17H8O7S. The van der Waals surface area contributed by atoms with Gasteiger partial charge in [0.05, 0.1) is 27.3 Å². The molecule has 4 rings (SSSR count). The van der Waals surface area contributed by atoms with Gasteiger partial charge in [-0.2, -0.15) is 0 Å². The molecule has 0 atom stereocenters. The largest absolute Gasteiger partial charge is 0.386 e. The summed E-state index contributed by atoms with van der Waals surface area (Å²) in [5.74, 6) is -2.51. The zero-order chi connectivity index (χ0) is 17.9. The Morgan fingerprint density at radius 2 is 1.20 bits per heavy atom. The summed E-state index contributed by atoms with van der Waals surface area (Å²) < 4.78 is 30.0. The molecule has 0 saturated heterocycles. The molecule has 0 amide bonds. The van der Waals surface area contributed by atoms with Crippen LogP contribution in [0.4, 0.5) is 0 Å². The average Bonchev–Trinajstić information content (AvgIpc) is 3.03. The number of fused-ring (bicyclic) bond motifs is 2. The van der Waals surface area contributed by atoms with E-state index in [9.17, 15) is 27.6 Å². The second-order valence-electron chi connectivity index (χ2n) is 5.62. The Hall–Kier alpha value is -3.13. The van der Waals surface area contributed by atoms with Crippen molar-refractivity contribution in [1.82, 2.24) is 0 Å². The maximum absolute atomic E-state index is 12.8. The molecule has 8 heteroatoms. The van der Waals surface area contributed by atoms with Crippen molar-refractivity contribution in [2.75, 3.05) is 0 Å². The summed E-state index contributed by atoms with van der Waals surface area (Å²) in [4.78, 5) is 46.1. The van der Waals surface area contributed by atoms with Crippen molar-refractivity contribution in [2.45, 2.75) is 16.2 Å². The highest BCUT2D eigenvalue weighted by molar-refractivity contribution is 7.91. The fourth-order valence-corrected chi connectivity index (χ4v) is 4.18. The van der Waals surface area contributed by atoms with E-state index in [1.807, 2.05) is 0 Å². The molecule has 2 aromatic carbocycles. The quantitative estimate of drug-likeness (QED) is 0.593. The first-order valence-electron chi connectivity index (χ1n) is 7.15. The zero-order valence-corrected chi connectivity index (χ0v) is 13.3. The van der Waals surface area contributed by atoms with Gasteiger partial charge in [-0.25, -0.2) is 18.0 Å². The number of ether oxygens (including phenoxy) is 1. The van der Waals surface area contributed by atoms with Gasteiger partial charge in [0.1, 0.15) is 0 Å². The predicted octanol–water partition coefficient (Wildman–Crippen LogP) is 1.60. The van der Waals surface area contributed by atoms with Crippen LogP contribution < -0.4 is 0 Å². The molecule has 2 aromatic rings. The van der Waals surface area contributed by atoms with Gasteiger partial charge in [-0.05, 0) is 36.4 Å². The summed E-state index contributed by atoms with van der Waals surface area (Å²) in [7, 11) is -4.05. The van der Waals surface area contributed by atoms with Crippen LogP contribution in [0.25, 0.3) is 0 Å². The average molecular weight is 356 g/mol. The summed E-state index contributed by atoms with van der Waals surface area (Å²) in [5, 5.41) is 0. The Kier molecular flexibility index (Phi) is 3.04. The minimum absolute atomic E-state index is 0.00122. The molecule has 25 heavy (non-hydrogen) atoms. The SMILES string of the molecule is O=C1CC(=O)c2cc(S(=O)(=O)c3ccc4c(c3)C(=O)OC4=O)ccc21. The van der Waals surface area contributed by atoms with Gasteiger partial charge < -0.3 is 4.74 Å². The Bertz CT molecular complexity index is 1040. The van der Waals surface area contributed by atoms with E-state index in [1.165, 1.54) is 24.3 Å². The molecule has 7 nitrogen and oxygen atoms in total. The fraction of sp³-hybridized carbons (Fsp3) is 0.0588. The van der Waals surface area contributed by atoms with Crippen molar-refractivity contribution in [3.05, 3.63) is 58.7 Å². The van der Waals surface area contributed by atoms with Gasteiger partial charge in [0.25, 0.3) is 0 Å². The van der Waals surface area contributed by atoms with Crippen LogP contribution >= 0.6 is 0 Å². The smallest absolute Gasteiger partial charge is 0.346 e. The molecule has 0 aromatic heterocycles. The number of cyclic esters (lactones) is 2. The molecule has 1 aliphatic carbocycles. The van der Waals surface area contributed by atoms with Gasteiger partial charge in [-0.3, -0.25) is 9.59 Å². The molecule has 1 aliphatic heterocycles. The van der Waals surface area contributed by atoms with Crippen molar-refractivity contribution in [3.63, 3.8) is 0 Å². The molecule has 2 aliphatic rings. The molecule has 0 unspecified atom stereocenters. The van der Waals surface area contributed by atoms with E-state index >= 15 is 0 Å². The van der Waals surface area contributed by atoms with Crippen molar-refractivity contribution >= 4 is 33.3 Å². The number of carbonyl (C=O) groups excluding carboxylic acids is 4. The Morgan fingerprint density at radius 3 is 1.88 bits per heavy atom. The van der Waals surface area contributed by atoms with Crippen LogP contribution in [0.5, 0.6) is 0 Å². The third-order valence-electron chi connectivity index (χ3n) is 4.15. The van der Waals surface area contributed by atoms with Crippen LogP contribution in [0, 0.1) is 0 Å². The zero-order valence-electron chi connectivity index (χ0n) is 12.4. The minimum Gasteiger partial charge on any atom is -0.386 e. The Morgan fingerprint density at radius 1 is 0.680 bits per heavy atom.